The van der Waals surface area contributed by atoms with Crippen molar-refractivity contribution in [3.05, 3.63) is 11.4 Å². The van der Waals surface area contributed by atoms with Crippen LogP contribution in [0.15, 0.2) is 4.90 Å². The third kappa shape index (κ3) is 2.56. The van der Waals surface area contributed by atoms with Gasteiger partial charge in [0.25, 0.3) is 0 Å². The second-order valence-corrected chi connectivity index (χ2v) is 7.15. The van der Waals surface area contributed by atoms with Crippen molar-refractivity contribution >= 4 is 16.0 Å². The molecule has 1 fully saturated rings. The van der Waals surface area contributed by atoms with Crippen LogP contribution >= 0.6 is 0 Å². The van der Waals surface area contributed by atoms with E-state index in [1.165, 1.54) is 11.2 Å². The van der Waals surface area contributed by atoms with Crippen LogP contribution in [-0.4, -0.2) is 59.3 Å². The number of aromatic carboxylic acids is 1. The number of ether oxygens (including phenoxy) is 1. The van der Waals surface area contributed by atoms with Gasteiger partial charge in [0.15, 0.2) is 5.69 Å². The zero-order valence-electron chi connectivity index (χ0n) is 11.5. The van der Waals surface area contributed by atoms with E-state index in [1.807, 2.05) is 0 Å². The molecule has 1 aliphatic heterocycles. The van der Waals surface area contributed by atoms with Gasteiger partial charge in [-0.05, 0) is 20.8 Å². The van der Waals surface area contributed by atoms with E-state index in [1.54, 1.807) is 13.8 Å². The van der Waals surface area contributed by atoms with E-state index in [0.29, 0.717) is 0 Å². The summed E-state index contributed by atoms with van der Waals surface area (Å²) < 4.78 is 32.0. The Morgan fingerprint density at radius 2 is 2.15 bits per heavy atom. The molecular weight excluding hydrogens is 286 g/mol. The van der Waals surface area contributed by atoms with Crippen molar-refractivity contribution in [2.75, 3.05) is 19.7 Å². The summed E-state index contributed by atoms with van der Waals surface area (Å²) >= 11 is 0. The Labute approximate surface area is 116 Å². The van der Waals surface area contributed by atoms with Gasteiger partial charge in [-0.2, -0.15) is 9.40 Å². The summed E-state index contributed by atoms with van der Waals surface area (Å²) in [6.45, 7) is 5.68. The van der Waals surface area contributed by atoms with Gasteiger partial charge in [0.1, 0.15) is 4.90 Å². The molecular formula is C11H17N3O5S. The molecule has 112 valence electrons. The van der Waals surface area contributed by atoms with Crippen molar-refractivity contribution in [1.82, 2.24) is 14.5 Å². The van der Waals surface area contributed by atoms with Crippen LogP contribution in [0, 0.1) is 6.92 Å². The number of hydrogen-bond donors (Lipinski definition) is 2. The summed E-state index contributed by atoms with van der Waals surface area (Å²) in [6, 6.07) is 0. The minimum atomic E-state index is -3.92. The van der Waals surface area contributed by atoms with Gasteiger partial charge in [-0.3, -0.25) is 5.10 Å². The molecule has 0 saturated carbocycles. The number of aromatic amines is 1. The molecule has 2 heterocycles. The van der Waals surface area contributed by atoms with Gasteiger partial charge in [-0.15, -0.1) is 0 Å². The Bertz CT molecular complexity index is 634. The summed E-state index contributed by atoms with van der Waals surface area (Å²) in [6.07, 6.45) is 0. The van der Waals surface area contributed by atoms with Crippen LogP contribution in [0.25, 0.3) is 0 Å². The maximum absolute atomic E-state index is 12.6. The molecule has 1 saturated heterocycles. The normalized spacial score (nSPS) is 19.9. The highest BCUT2D eigenvalue weighted by molar-refractivity contribution is 7.89. The third-order valence-corrected chi connectivity index (χ3v) is 5.09. The molecule has 0 atom stereocenters. The monoisotopic (exact) mass is 303 g/mol. The topological polar surface area (TPSA) is 113 Å². The molecule has 8 nitrogen and oxygen atoms in total. The molecule has 0 amide bonds. The number of nitrogens with zero attached hydrogens (tertiary/aromatic N) is 2. The lowest BCUT2D eigenvalue weighted by Crippen LogP contribution is -2.50. The maximum Gasteiger partial charge on any atom is 0.357 e. The first-order valence-corrected chi connectivity index (χ1v) is 7.51. The van der Waals surface area contributed by atoms with Gasteiger partial charge in [-0.25, -0.2) is 13.2 Å². The standard InChI is InChI=1S/C11H17N3O5S/c1-7-9(8(10(15)16)13-12-7)20(17,18)14-4-5-19-11(2,3)6-14/h4-6H2,1-3H3,(H,12,13)(H,15,16). The van der Waals surface area contributed by atoms with Crippen LogP contribution in [0.3, 0.4) is 0 Å². The van der Waals surface area contributed by atoms with Crippen LogP contribution in [0.4, 0.5) is 0 Å². The molecule has 0 aromatic carbocycles. The van der Waals surface area contributed by atoms with Gasteiger partial charge in [0.05, 0.1) is 17.9 Å². The van der Waals surface area contributed by atoms with Crippen molar-refractivity contribution in [2.45, 2.75) is 31.3 Å². The molecule has 0 spiro atoms. The molecule has 1 aromatic rings. The fourth-order valence-corrected chi connectivity index (χ4v) is 4.05. The zero-order valence-corrected chi connectivity index (χ0v) is 12.3. The lowest BCUT2D eigenvalue weighted by Gasteiger charge is -2.37. The number of aromatic nitrogens is 2. The Hall–Kier alpha value is -1.45. The summed E-state index contributed by atoms with van der Waals surface area (Å²) in [5.74, 6) is -1.37. The van der Waals surface area contributed by atoms with Gasteiger partial charge < -0.3 is 9.84 Å². The van der Waals surface area contributed by atoms with Crippen molar-refractivity contribution < 1.29 is 23.1 Å². The number of carbonyl (C=O) groups is 1. The highest BCUT2D eigenvalue weighted by Gasteiger charge is 2.38. The largest absolute Gasteiger partial charge is 0.476 e. The van der Waals surface area contributed by atoms with E-state index in [2.05, 4.69) is 10.2 Å². The number of nitrogens with one attached hydrogen (secondary N) is 1. The number of aryl methyl sites for hydroxylation is 1. The number of H-pyrrole nitrogens is 1. The first-order chi connectivity index (χ1) is 9.15. The lowest BCUT2D eigenvalue weighted by molar-refractivity contribution is -0.0640. The van der Waals surface area contributed by atoms with Crippen LogP contribution in [-0.2, 0) is 14.8 Å². The second kappa shape index (κ2) is 4.83. The number of carboxylic acids is 1. The molecule has 2 N–H and O–H groups in total. The Balaban J connectivity index is 2.46. The zero-order chi connectivity index (χ0) is 15.1. The highest BCUT2D eigenvalue weighted by Crippen LogP contribution is 2.26. The summed E-state index contributed by atoms with van der Waals surface area (Å²) in [7, 11) is -3.92. The number of rotatable bonds is 3. The minimum Gasteiger partial charge on any atom is -0.476 e. The fraction of sp³-hybridized carbons (Fsp3) is 0.636. The molecule has 0 aliphatic carbocycles. The predicted octanol–water partition coefficient (Wildman–Crippen LogP) is 0.216. The van der Waals surface area contributed by atoms with Gasteiger partial charge in [0.2, 0.25) is 10.0 Å². The minimum absolute atomic E-state index is 0.166. The Kier molecular flexibility index (Phi) is 3.61. The van der Waals surface area contributed by atoms with Crippen LogP contribution in [0.1, 0.15) is 30.0 Å². The van der Waals surface area contributed by atoms with Gasteiger partial charge in [-0.1, -0.05) is 0 Å². The average Bonchev–Trinajstić information content (AvgIpc) is 2.70. The first-order valence-electron chi connectivity index (χ1n) is 6.07. The second-order valence-electron chi connectivity index (χ2n) is 5.28. The Morgan fingerprint density at radius 3 is 2.70 bits per heavy atom. The van der Waals surface area contributed by atoms with Crippen LogP contribution < -0.4 is 0 Å². The number of morpholine rings is 1. The number of hydrogen-bond acceptors (Lipinski definition) is 5. The quantitative estimate of drug-likeness (QED) is 0.825. The molecule has 0 bridgehead atoms. The van der Waals surface area contributed by atoms with E-state index in [9.17, 15) is 13.2 Å². The highest BCUT2D eigenvalue weighted by atomic mass is 32.2. The molecule has 1 aliphatic rings. The number of carboxylic acid groups (broad SMARTS) is 1. The predicted molar refractivity (Wildman–Crippen MR) is 69.1 cm³/mol. The van der Waals surface area contributed by atoms with Crippen molar-refractivity contribution in [3.63, 3.8) is 0 Å². The van der Waals surface area contributed by atoms with E-state index < -0.39 is 27.3 Å². The van der Waals surface area contributed by atoms with Crippen molar-refractivity contribution in [1.29, 1.82) is 0 Å². The molecule has 2 rings (SSSR count). The summed E-state index contributed by atoms with van der Waals surface area (Å²) in [5.41, 5.74) is -0.870. The van der Waals surface area contributed by atoms with E-state index >= 15 is 0 Å². The van der Waals surface area contributed by atoms with E-state index in [-0.39, 0.29) is 30.3 Å². The SMILES string of the molecule is Cc1[nH]nc(C(=O)O)c1S(=O)(=O)N1CCOC(C)(C)C1. The summed E-state index contributed by atoms with van der Waals surface area (Å²) in [4.78, 5) is 10.8. The van der Waals surface area contributed by atoms with Gasteiger partial charge in [0, 0.05) is 13.1 Å². The Morgan fingerprint density at radius 1 is 1.50 bits per heavy atom. The summed E-state index contributed by atoms with van der Waals surface area (Å²) in [5, 5.41) is 15.0. The lowest BCUT2D eigenvalue weighted by atomic mass is 10.1. The fourth-order valence-electron chi connectivity index (χ4n) is 2.19. The smallest absolute Gasteiger partial charge is 0.357 e. The first kappa shape index (κ1) is 14.9. The van der Waals surface area contributed by atoms with E-state index in [0.717, 1.165) is 0 Å². The van der Waals surface area contributed by atoms with Crippen molar-refractivity contribution in [2.24, 2.45) is 0 Å². The van der Waals surface area contributed by atoms with Gasteiger partial charge >= 0.3 is 5.97 Å². The molecule has 9 heteroatoms. The van der Waals surface area contributed by atoms with Crippen LogP contribution in [0.2, 0.25) is 0 Å². The average molecular weight is 303 g/mol. The van der Waals surface area contributed by atoms with Crippen LogP contribution in [0.5, 0.6) is 0 Å². The third-order valence-electron chi connectivity index (χ3n) is 3.08. The molecule has 20 heavy (non-hydrogen) atoms. The van der Waals surface area contributed by atoms with Crippen molar-refractivity contribution in [3.8, 4) is 0 Å². The molecule has 0 radical (unpaired) electrons. The van der Waals surface area contributed by atoms with E-state index in [4.69, 9.17) is 9.84 Å². The molecule has 0 unspecified atom stereocenters. The maximum atomic E-state index is 12.6. The number of sulfonamides is 1. The molecule has 1 aromatic heterocycles.